The largest absolute Gasteiger partial charge is 0.456 e. The Hall–Kier alpha value is -2.24. The second-order valence-corrected chi connectivity index (χ2v) is 6.53. The van der Waals surface area contributed by atoms with E-state index in [0.29, 0.717) is 11.5 Å². The summed E-state index contributed by atoms with van der Waals surface area (Å²) in [6, 6.07) is 5.29. The molecule has 0 saturated heterocycles. The van der Waals surface area contributed by atoms with Crippen LogP contribution >= 0.6 is 0 Å². The van der Waals surface area contributed by atoms with Gasteiger partial charge in [0.2, 0.25) is 0 Å². The van der Waals surface area contributed by atoms with Gasteiger partial charge in [-0.3, -0.25) is 14.4 Å². The predicted octanol–water partition coefficient (Wildman–Crippen LogP) is 3.03. The van der Waals surface area contributed by atoms with Crippen LogP contribution in [0.5, 0.6) is 0 Å². The van der Waals surface area contributed by atoms with E-state index in [2.05, 4.69) is 12.2 Å². The molecule has 2 atom stereocenters. The maximum atomic E-state index is 12.8. The van der Waals surface area contributed by atoms with Crippen LogP contribution in [0.15, 0.2) is 24.3 Å². The fourth-order valence-electron chi connectivity index (χ4n) is 2.99. The summed E-state index contributed by atoms with van der Waals surface area (Å²) in [6.07, 6.45) is 4.18. The van der Waals surface area contributed by atoms with Crippen molar-refractivity contribution in [1.82, 2.24) is 5.32 Å². The van der Waals surface area contributed by atoms with E-state index in [1.165, 1.54) is 30.7 Å². The Kier molecular flexibility index (Phi) is 7.10. The van der Waals surface area contributed by atoms with Crippen molar-refractivity contribution in [2.24, 2.45) is 5.92 Å². The topological polar surface area (TPSA) is 72.5 Å². The highest BCUT2D eigenvalue weighted by Crippen LogP contribution is 2.23. The maximum absolute atomic E-state index is 12.8. The van der Waals surface area contributed by atoms with Crippen molar-refractivity contribution in [2.75, 3.05) is 6.61 Å². The summed E-state index contributed by atoms with van der Waals surface area (Å²) in [5.74, 6) is -1.16. The molecule has 1 aliphatic carbocycles. The first-order valence-electron chi connectivity index (χ1n) is 8.69. The number of carbonyl (C=O) groups excluding carboxylic acids is 3. The second-order valence-electron chi connectivity index (χ2n) is 6.53. The SMILES string of the molecule is C[C@@H]1CCCC[C@@H]1NC(=O)COC(=O)CCC(=O)c1ccc(F)cc1. The van der Waals surface area contributed by atoms with Crippen molar-refractivity contribution in [3.05, 3.63) is 35.6 Å². The summed E-state index contributed by atoms with van der Waals surface area (Å²) < 4.78 is 17.7. The smallest absolute Gasteiger partial charge is 0.306 e. The molecule has 6 heteroatoms. The molecule has 1 N–H and O–H groups in total. The zero-order valence-corrected chi connectivity index (χ0v) is 14.4. The predicted molar refractivity (Wildman–Crippen MR) is 90.5 cm³/mol. The van der Waals surface area contributed by atoms with Gasteiger partial charge in [0.1, 0.15) is 5.82 Å². The van der Waals surface area contributed by atoms with E-state index in [0.717, 1.165) is 19.3 Å². The minimum atomic E-state index is -0.595. The molecule has 2 rings (SSSR count). The third-order valence-corrected chi connectivity index (χ3v) is 4.54. The summed E-state index contributed by atoms with van der Waals surface area (Å²) >= 11 is 0. The fraction of sp³-hybridized carbons (Fsp3) is 0.526. The lowest BCUT2D eigenvalue weighted by molar-refractivity contribution is -0.148. The third-order valence-electron chi connectivity index (χ3n) is 4.54. The van der Waals surface area contributed by atoms with Crippen LogP contribution in [0.1, 0.15) is 55.8 Å². The molecule has 0 unspecified atom stereocenters. The van der Waals surface area contributed by atoms with Gasteiger partial charge < -0.3 is 10.1 Å². The molecule has 1 aliphatic rings. The van der Waals surface area contributed by atoms with Gasteiger partial charge in [-0.1, -0.05) is 19.8 Å². The number of esters is 1. The quantitative estimate of drug-likeness (QED) is 0.607. The highest BCUT2D eigenvalue weighted by Gasteiger charge is 2.23. The summed E-state index contributed by atoms with van der Waals surface area (Å²) in [4.78, 5) is 35.4. The van der Waals surface area contributed by atoms with Crippen molar-refractivity contribution in [3.8, 4) is 0 Å². The van der Waals surface area contributed by atoms with Crippen LogP contribution in [0.2, 0.25) is 0 Å². The zero-order chi connectivity index (χ0) is 18.2. The van der Waals surface area contributed by atoms with E-state index >= 15 is 0 Å². The Morgan fingerprint density at radius 1 is 1.12 bits per heavy atom. The maximum Gasteiger partial charge on any atom is 0.306 e. The molecule has 1 fully saturated rings. The zero-order valence-electron chi connectivity index (χ0n) is 14.4. The third kappa shape index (κ3) is 6.29. The lowest BCUT2D eigenvalue weighted by atomic mass is 9.86. The summed E-state index contributed by atoms with van der Waals surface area (Å²) in [5, 5.41) is 2.90. The molecule has 1 saturated carbocycles. The molecular weight excluding hydrogens is 325 g/mol. The molecule has 0 spiro atoms. The molecule has 0 aromatic heterocycles. The van der Waals surface area contributed by atoms with E-state index in [1.54, 1.807) is 0 Å². The van der Waals surface area contributed by atoms with E-state index in [4.69, 9.17) is 4.74 Å². The first kappa shape index (κ1) is 19.1. The summed E-state index contributed by atoms with van der Waals surface area (Å²) in [7, 11) is 0. The Balaban J connectivity index is 1.67. The van der Waals surface area contributed by atoms with Gasteiger partial charge in [0, 0.05) is 18.0 Å². The number of hydrogen-bond acceptors (Lipinski definition) is 4. The molecule has 25 heavy (non-hydrogen) atoms. The Morgan fingerprint density at radius 2 is 1.80 bits per heavy atom. The molecule has 0 radical (unpaired) electrons. The van der Waals surface area contributed by atoms with Gasteiger partial charge in [-0.05, 0) is 43.0 Å². The van der Waals surface area contributed by atoms with Crippen molar-refractivity contribution < 1.29 is 23.5 Å². The molecule has 0 aliphatic heterocycles. The number of carbonyl (C=O) groups is 3. The highest BCUT2D eigenvalue weighted by atomic mass is 19.1. The van der Waals surface area contributed by atoms with Crippen LogP contribution in [0, 0.1) is 11.7 Å². The molecule has 136 valence electrons. The lowest BCUT2D eigenvalue weighted by Gasteiger charge is -2.29. The van der Waals surface area contributed by atoms with Crippen LogP contribution in [-0.4, -0.2) is 30.3 Å². The lowest BCUT2D eigenvalue weighted by Crippen LogP contribution is -2.42. The minimum absolute atomic E-state index is 0.0360. The van der Waals surface area contributed by atoms with E-state index in [9.17, 15) is 18.8 Å². The Bertz CT molecular complexity index is 614. The fourth-order valence-corrected chi connectivity index (χ4v) is 2.99. The van der Waals surface area contributed by atoms with Crippen LogP contribution in [0.3, 0.4) is 0 Å². The number of hydrogen-bond donors (Lipinski definition) is 1. The number of nitrogens with one attached hydrogen (secondary N) is 1. The summed E-state index contributed by atoms with van der Waals surface area (Å²) in [5.41, 5.74) is 0.346. The van der Waals surface area contributed by atoms with Crippen molar-refractivity contribution in [1.29, 1.82) is 0 Å². The summed E-state index contributed by atoms with van der Waals surface area (Å²) in [6.45, 7) is 1.78. The van der Waals surface area contributed by atoms with Gasteiger partial charge in [0.25, 0.3) is 5.91 Å². The number of halogens is 1. The number of ether oxygens (including phenoxy) is 1. The highest BCUT2D eigenvalue weighted by molar-refractivity contribution is 5.97. The van der Waals surface area contributed by atoms with Crippen molar-refractivity contribution >= 4 is 17.7 Å². The minimum Gasteiger partial charge on any atom is -0.456 e. The average Bonchev–Trinajstić information content (AvgIpc) is 2.60. The van der Waals surface area contributed by atoms with Crippen LogP contribution in [-0.2, 0) is 14.3 Å². The Labute approximate surface area is 146 Å². The van der Waals surface area contributed by atoms with E-state index in [1.807, 2.05) is 0 Å². The van der Waals surface area contributed by atoms with Crippen LogP contribution in [0.25, 0.3) is 0 Å². The van der Waals surface area contributed by atoms with Crippen LogP contribution < -0.4 is 5.32 Å². The first-order valence-corrected chi connectivity index (χ1v) is 8.69. The van der Waals surface area contributed by atoms with Crippen molar-refractivity contribution in [2.45, 2.75) is 51.5 Å². The number of amides is 1. The normalized spacial score (nSPS) is 19.9. The van der Waals surface area contributed by atoms with Crippen molar-refractivity contribution in [3.63, 3.8) is 0 Å². The van der Waals surface area contributed by atoms with Gasteiger partial charge in [-0.15, -0.1) is 0 Å². The monoisotopic (exact) mass is 349 g/mol. The van der Waals surface area contributed by atoms with E-state index < -0.39 is 11.8 Å². The van der Waals surface area contributed by atoms with Gasteiger partial charge in [0.05, 0.1) is 6.42 Å². The van der Waals surface area contributed by atoms with Gasteiger partial charge in [-0.25, -0.2) is 4.39 Å². The van der Waals surface area contributed by atoms with E-state index in [-0.39, 0.29) is 37.2 Å². The number of ketones is 1. The molecule has 0 heterocycles. The molecule has 5 nitrogen and oxygen atoms in total. The second kappa shape index (κ2) is 9.30. The van der Waals surface area contributed by atoms with Crippen LogP contribution in [0.4, 0.5) is 4.39 Å². The Morgan fingerprint density at radius 3 is 2.48 bits per heavy atom. The number of rotatable bonds is 7. The molecule has 0 bridgehead atoms. The van der Waals surface area contributed by atoms with Gasteiger partial charge >= 0.3 is 5.97 Å². The first-order chi connectivity index (χ1) is 12.0. The van der Waals surface area contributed by atoms with Gasteiger partial charge in [0.15, 0.2) is 12.4 Å². The molecule has 1 aromatic carbocycles. The van der Waals surface area contributed by atoms with Gasteiger partial charge in [-0.2, -0.15) is 0 Å². The standard InChI is InChI=1S/C19H24FNO4/c1-13-4-2-3-5-16(13)21-18(23)12-25-19(24)11-10-17(22)14-6-8-15(20)9-7-14/h6-9,13,16H,2-5,10-12H2,1H3,(H,21,23)/t13-,16+/m1/s1. The molecular formula is C19H24FNO4. The molecule has 1 amide bonds. The number of Topliss-reactive ketones (excluding diaryl/α,β-unsaturated/α-hetero) is 1. The molecule has 1 aromatic rings. The average molecular weight is 349 g/mol. The number of benzene rings is 1.